The highest BCUT2D eigenvalue weighted by Gasteiger charge is 2.15. The number of carbonyl (C=O) groups excluding carboxylic acids is 1. The predicted octanol–water partition coefficient (Wildman–Crippen LogP) is 1.94. The molecule has 0 fully saturated rings. The van der Waals surface area contributed by atoms with Gasteiger partial charge in [-0.05, 0) is 11.1 Å². The van der Waals surface area contributed by atoms with Crippen molar-refractivity contribution in [2.24, 2.45) is 0 Å². The van der Waals surface area contributed by atoms with Crippen LogP contribution in [-0.2, 0) is 9.22 Å². The summed E-state index contributed by atoms with van der Waals surface area (Å²) in [6, 6.07) is 20.3. The molecule has 0 atom stereocenters. The Bertz CT molecular complexity index is 417. The van der Waals surface area contributed by atoms with Gasteiger partial charge in [-0.3, -0.25) is 0 Å². The smallest absolute Gasteiger partial charge is 0.402 e. The minimum Gasteiger partial charge on any atom is -0.516 e. The van der Waals surface area contributed by atoms with Crippen LogP contribution in [0.15, 0.2) is 60.7 Å². The van der Waals surface area contributed by atoms with Crippen LogP contribution in [0, 0.1) is 0 Å². The molecule has 0 aromatic heterocycles. The van der Waals surface area contributed by atoms with Crippen LogP contribution in [0.3, 0.4) is 0 Å². The Morgan fingerprint density at radius 1 is 0.882 bits per heavy atom. The van der Waals surface area contributed by atoms with Gasteiger partial charge in [-0.15, -0.1) is 0 Å². The maximum atomic E-state index is 10.3. The van der Waals surface area contributed by atoms with Gasteiger partial charge < -0.3 is 4.43 Å². The second-order valence-corrected chi connectivity index (χ2v) is 5.21. The first-order valence-corrected chi connectivity index (χ1v) is 6.90. The molecule has 0 aliphatic carbocycles. The fraction of sp³-hybridized carbons (Fsp3) is 0.0714. The van der Waals surface area contributed by atoms with E-state index in [1.807, 2.05) is 36.4 Å². The molecule has 17 heavy (non-hydrogen) atoms. The highest BCUT2D eigenvalue weighted by molar-refractivity contribution is 6.33. The van der Waals surface area contributed by atoms with Gasteiger partial charge in [0, 0.05) is 5.54 Å². The fourth-order valence-electron chi connectivity index (χ4n) is 1.87. The molecule has 85 valence electrons. The average molecular weight is 241 g/mol. The monoisotopic (exact) mass is 241 g/mol. The van der Waals surface area contributed by atoms with Gasteiger partial charge in [-0.2, -0.15) is 0 Å². The molecule has 0 spiro atoms. The lowest BCUT2D eigenvalue weighted by Crippen LogP contribution is -2.12. The Labute approximate surface area is 103 Å². The Hall–Kier alpha value is -1.87. The van der Waals surface area contributed by atoms with E-state index >= 15 is 0 Å². The molecular formula is C14H13O2Si. The molecular weight excluding hydrogens is 228 g/mol. The minimum atomic E-state index is -0.995. The second-order valence-electron chi connectivity index (χ2n) is 3.77. The fourth-order valence-corrected chi connectivity index (χ4v) is 3.04. The zero-order valence-corrected chi connectivity index (χ0v) is 10.8. The summed E-state index contributed by atoms with van der Waals surface area (Å²) in [6.07, 6.45) is 0. The summed E-state index contributed by atoms with van der Waals surface area (Å²) in [5.41, 5.74) is 2.60. The molecule has 0 saturated carbocycles. The van der Waals surface area contributed by atoms with Crippen LogP contribution >= 0.6 is 0 Å². The van der Waals surface area contributed by atoms with E-state index in [1.165, 1.54) is 11.1 Å². The number of hydrogen-bond donors (Lipinski definition) is 0. The molecule has 0 saturated heterocycles. The molecule has 0 unspecified atom stereocenters. The highest BCUT2D eigenvalue weighted by Crippen LogP contribution is 2.23. The highest BCUT2D eigenvalue weighted by atomic mass is 28.2. The summed E-state index contributed by atoms with van der Waals surface area (Å²) >= 11 is 0. The van der Waals surface area contributed by atoms with Crippen molar-refractivity contribution in [3.63, 3.8) is 0 Å². The maximum absolute atomic E-state index is 10.3. The van der Waals surface area contributed by atoms with Crippen molar-refractivity contribution >= 4 is 16.2 Å². The second kappa shape index (κ2) is 6.01. The lowest BCUT2D eigenvalue weighted by molar-refractivity contribution is 0.453. The number of hydrogen-bond acceptors (Lipinski definition) is 2. The minimum absolute atomic E-state index is 0.207. The predicted molar refractivity (Wildman–Crippen MR) is 70.0 cm³/mol. The van der Waals surface area contributed by atoms with E-state index < -0.39 is 9.76 Å². The Morgan fingerprint density at radius 3 is 1.76 bits per heavy atom. The third-order valence-corrected chi connectivity index (χ3v) is 4.27. The first-order chi connectivity index (χ1) is 8.42. The van der Waals surface area contributed by atoms with Crippen molar-refractivity contribution < 1.29 is 9.22 Å². The first-order valence-electron chi connectivity index (χ1n) is 5.50. The van der Waals surface area contributed by atoms with Crippen LogP contribution < -0.4 is 0 Å². The zero-order chi connectivity index (χ0) is 11.9. The number of benzene rings is 2. The van der Waals surface area contributed by atoms with Crippen molar-refractivity contribution in [2.75, 3.05) is 0 Å². The van der Waals surface area contributed by atoms with Crippen molar-refractivity contribution in [2.45, 2.75) is 5.54 Å². The molecule has 1 radical (unpaired) electrons. The van der Waals surface area contributed by atoms with Gasteiger partial charge in [0.1, 0.15) is 0 Å². The van der Waals surface area contributed by atoms with Crippen LogP contribution in [0.2, 0.25) is 0 Å². The number of rotatable bonds is 5. The molecule has 3 heteroatoms. The summed E-state index contributed by atoms with van der Waals surface area (Å²) in [6.45, 7) is 1.55. The van der Waals surface area contributed by atoms with Gasteiger partial charge in [-0.1, -0.05) is 60.7 Å². The Kier molecular flexibility index (Phi) is 4.10. The summed E-state index contributed by atoms with van der Waals surface area (Å²) in [5, 5.41) is 0. The van der Waals surface area contributed by atoms with Crippen LogP contribution in [0.4, 0.5) is 0 Å². The maximum Gasteiger partial charge on any atom is 0.402 e. The summed E-state index contributed by atoms with van der Waals surface area (Å²) in [5.74, 6) is 0. The van der Waals surface area contributed by atoms with E-state index in [0.717, 1.165) is 0 Å². The van der Waals surface area contributed by atoms with Gasteiger partial charge in [0.25, 0.3) is 0 Å². The van der Waals surface area contributed by atoms with E-state index in [0.29, 0.717) is 0 Å². The summed E-state index contributed by atoms with van der Waals surface area (Å²) in [4.78, 5) is 10.3. The molecule has 0 bridgehead atoms. The molecule has 0 aliphatic rings. The van der Waals surface area contributed by atoms with Crippen molar-refractivity contribution in [1.29, 1.82) is 0 Å². The molecule has 2 aromatic rings. The van der Waals surface area contributed by atoms with Crippen molar-refractivity contribution in [3.05, 3.63) is 71.8 Å². The SMILES string of the molecule is O=[C]O[SiH2]C(c1ccccc1)c1ccccc1. The average Bonchev–Trinajstić information content (AvgIpc) is 2.42. The largest absolute Gasteiger partial charge is 0.516 e. The Balaban J connectivity index is 2.29. The molecule has 0 N–H and O–H groups in total. The van der Waals surface area contributed by atoms with Crippen LogP contribution in [-0.4, -0.2) is 16.2 Å². The van der Waals surface area contributed by atoms with E-state index in [2.05, 4.69) is 24.3 Å². The van der Waals surface area contributed by atoms with E-state index in [1.54, 1.807) is 6.47 Å². The van der Waals surface area contributed by atoms with Crippen molar-refractivity contribution in [1.82, 2.24) is 0 Å². The molecule has 0 aliphatic heterocycles. The van der Waals surface area contributed by atoms with Gasteiger partial charge >= 0.3 is 6.47 Å². The first kappa shape index (κ1) is 11.6. The normalized spacial score (nSPS) is 10.9. The van der Waals surface area contributed by atoms with Gasteiger partial charge in [0.2, 0.25) is 9.76 Å². The van der Waals surface area contributed by atoms with Crippen LogP contribution in [0.1, 0.15) is 16.7 Å². The molecule has 0 amide bonds. The Morgan fingerprint density at radius 2 is 1.35 bits per heavy atom. The topological polar surface area (TPSA) is 26.3 Å². The molecule has 0 heterocycles. The summed E-state index contributed by atoms with van der Waals surface area (Å²) in [7, 11) is -0.995. The van der Waals surface area contributed by atoms with Crippen LogP contribution in [0.5, 0.6) is 0 Å². The van der Waals surface area contributed by atoms with E-state index in [-0.39, 0.29) is 5.54 Å². The van der Waals surface area contributed by atoms with Crippen molar-refractivity contribution in [3.8, 4) is 0 Å². The van der Waals surface area contributed by atoms with E-state index in [9.17, 15) is 4.79 Å². The molecule has 2 aromatic carbocycles. The molecule has 2 rings (SSSR count). The van der Waals surface area contributed by atoms with Gasteiger partial charge in [0.15, 0.2) is 0 Å². The third kappa shape index (κ3) is 3.04. The molecule has 2 nitrogen and oxygen atoms in total. The standard InChI is InChI=1S/C14H13O2Si/c15-11-16-17-14(12-7-3-1-4-8-12)13-9-5-2-6-10-13/h1-10,14H,17H2. The quantitative estimate of drug-likeness (QED) is 0.748. The lowest BCUT2D eigenvalue weighted by atomic mass is 10.0. The summed E-state index contributed by atoms with van der Waals surface area (Å²) < 4.78 is 4.94. The van der Waals surface area contributed by atoms with Crippen LogP contribution in [0.25, 0.3) is 0 Å². The van der Waals surface area contributed by atoms with E-state index in [4.69, 9.17) is 4.43 Å². The van der Waals surface area contributed by atoms with Gasteiger partial charge in [-0.25, -0.2) is 4.79 Å². The third-order valence-electron chi connectivity index (χ3n) is 2.71. The van der Waals surface area contributed by atoms with Gasteiger partial charge in [0.05, 0.1) is 0 Å². The lowest BCUT2D eigenvalue weighted by Gasteiger charge is -2.15. The zero-order valence-electron chi connectivity index (χ0n) is 9.37.